The van der Waals surface area contributed by atoms with E-state index in [4.69, 9.17) is 9.15 Å². The van der Waals surface area contributed by atoms with Crippen LogP contribution in [0.4, 0.5) is 5.69 Å². The lowest BCUT2D eigenvalue weighted by Crippen LogP contribution is -2.13. The highest BCUT2D eigenvalue weighted by Gasteiger charge is 2.10. The molecule has 1 aromatic heterocycles. The van der Waals surface area contributed by atoms with E-state index in [1.807, 2.05) is 0 Å². The Hall–Kier alpha value is -2.82. The number of nitrogens with one attached hydrogen (secondary N) is 1. The fraction of sp³-hybridized carbons (Fsp3) is 0.176. The van der Waals surface area contributed by atoms with Crippen LogP contribution in [0.3, 0.4) is 0 Å². The van der Waals surface area contributed by atoms with Crippen molar-refractivity contribution >= 4 is 23.6 Å². The van der Waals surface area contributed by atoms with Crippen molar-refractivity contribution in [2.45, 2.75) is 20.0 Å². The third kappa shape index (κ3) is 4.63. The van der Waals surface area contributed by atoms with E-state index in [1.54, 1.807) is 56.3 Å². The van der Waals surface area contributed by atoms with Gasteiger partial charge in [0.15, 0.2) is 0 Å². The second kappa shape index (κ2) is 7.26. The van der Waals surface area contributed by atoms with Gasteiger partial charge in [-0.25, -0.2) is 4.79 Å². The number of furan rings is 1. The summed E-state index contributed by atoms with van der Waals surface area (Å²) in [5, 5.41) is 2.68. The number of ether oxygens (including phenoxy) is 1. The minimum Gasteiger partial charge on any atom is -0.465 e. The van der Waals surface area contributed by atoms with Gasteiger partial charge in [0.2, 0.25) is 5.91 Å². The number of hydrogen-bond donors (Lipinski definition) is 1. The maximum atomic E-state index is 11.8. The van der Waals surface area contributed by atoms with Gasteiger partial charge in [-0.3, -0.25) is 4.79 Å². The van der Waals surface area contributed by atoms with Gasteiger partial charge < -0.3 is 14.5 Å². The molecule has 0 spiro atoms. The van der Waals surface area contributed by atoms with Gasteiger partial charge in [0.05, 0.1) is 17.9 Å². The zero-order valence-corrected chi connectivity index (χ0v) is 12.4. The SMILES string of the molecule is CC(C)OC(=O)c1cccc(NC(=O)/C=C/c2ccco2)c1. The first-order chi connectivity index (χ1) is 10.5. The van der Waals surface area contributed by atoms with Gasteiger partial charge in [-0.15, -0.1) is 0 Å². The Kier molecular flexibility index (Phi) is 5.14. The Balaban J connectivity index is 2.00. The van der Waals surface area contributed by atoms with Crippen LogP contribution in [-0.4, -0.2) is 18.0 Å². The predicted molar refractivity (Wildman–Crippen MR) is 83.4 cm³/mol. The summed E-state index contributed by atoms with van der Waals surface area (Å²) in [5.74, 6) is -0.146. The first kappa shape index (κ1) is 15.6. The summed E-state index contributed by atoms with van der Waals surface area (Å²) >= 11 is 0. The molecule has 2 aromatic rings. The summed E-state index contributed by atoms with van der Waals surface area (Å²) < 4.78 is 10.2. The van der Waals surface area contributed by atoms with E-state index >= 15 is 0 Å². The van der Waals surface area contributed by atoms with E-state index in [0.29, 0.717) is 17.0 Å². The summed E-state index contributed by atoms with van der Waals surface area (Å²) in [5.41, 5.74) is 0.911. The number of esters is 1. The molecular formula is C17H17NO4. The molecule has 0 unspecified atom stereocenters. The topological polar surface area (TPSA) is 68.5 Å². The monoisotopic (exact) mass is 299 g/mol. The van der Waals surface area contributed by atoms with Gasteiger partial charge in [0.25, 0.3) is 0 Å². The molecule has 5 nitrogen and oxygen atoms in total. The van der Waals surface area contributed by atoms with Crippen molar-refractivity contribution in [2.24, 2.45) is 0 Å². The molecule has 0 radical (unpaired) electrons. The van der Waals surface area contributed by atoms with Crippen molar-refractivity contribution in [3.05, 3.63) is 60.1 Å². The minimum absolute atomic E-state index is 0.193. The standard InChI is InChI=1S/C17H17NO4/c1-12(2)22-17(20)13-5-3-6-14(11-13)18-16(19)9-8-15-7-4-10-21-15/h3-12H,1-2H3,(H,18,19)/b9-8+. The highest BCUT2D eigenvalue weighted by Crippen LogP contribution is 2.13. The molecular weight excluding hydrogens is 282 g/mol. The quantitative estimate of drug-likeness (QED) is 0.677. The molecule has 0 saturated carbocycles. The average Bonchev–Trinajstić information content (AvgIpc) is 2.98. The Bertz CT molecular complexity index is 672. The Morgan fingerprint density at radius 3 is 2.73 bits per heavy atom. The second-order valence-corrected chi connectivity index (χ2v) is 4.87. The predicted octanol–water partition coefficient (Wildman–Crippen LogP) is 3.50. The van der Waals surface area contributed by atoms with Crippen molar-refractivity contribution < 1.29 is 18.7 Å². The molecule has 1 N–H and O–H groups in total. The molecule has 1 heterocycles. The Labute approximate surface area is 128 Å². The van der Waals surface area contributed by atoms with Crippen LogP contribution in [0.1, 0.15) is 30.0 Å². The zero-order valence-electron chi connectivity index (χ0n) is 12.4. The average molecular weight is 299 g/mol. The fourth-order valence-corrected chi connectivity index (χ4v) is 1.73. The lowest BCUT2D eigenvalue weighted by atomic mass is 10.2. The summed E-state index contributed by atoms with van der Waals surface area (Å²) in [7, 11) is 0. The number of hydrogen-bond acceptors (Lipinski definition) is 4. The lowest BCUT2D eigenvalue weighted by molar-refractivity contribution is -0.111. The number of carbonyl (C=O) groups is 2. The first-order valence-corrected chi connectivity index (χ1v) is 6.88. The van der Waals surface area contributed by atoms with Crippen LogP contribution in [-0.2, 0) is 9.53 Å². The van der Waals surface area contributed by atoms with Crippen LogP contribution in [0.25, 0.3) is 6.08 Å². The maximum absolute atomic E-state index is 11.8. The molecule has 22 heavy (non-hydrogen) atoms. The van der Waals surface area contributed by atoms with E-state index in [0.717, 1.165) is 0 Å². The van der Waals surface area contributed by atoms with Gasteiger partial charge in [-0.1, -0.05) is 6.07 Å². The lowest BCUT2D eigenvalue weighted by Gasteiger charge is -2.09. The molecule has 0 atom stereocenters. The van der Waals surface area contributed by atoms with Crippen LogP contribution in [0.5, 0.6) is 0 Å². The zero-order chi connectivity index (χ0) is 15.9. The Morgan fingerprint density at radius 1 is 1.23 bits per heavy atom. The first-order valence-electron chi connectivity index (χ1n) is 6.88. The van der Waals surface area contributed by atoms with Crippen LogP contribution < -0.4 is 5.32 Å². The molecule has 0 bridgehead atoms. The van der Waals surface area contributed by atoms with E-state index < -0.39 is 5.97 Å². The van der Waals surface area contributed by atoms with Crippen LogP contribution in [0.2, 0.25) is 0 Å². The van der Waals surface area contributed by atoms with E-state index in [9.17, 15) is 9.59 Å². The molecule has 5 heteroatoms. The third-order valence-electron chi connectivity index (χ3n) is 2.65. The number of carbonyl (C=O) groups excluding carboxylic acids is 2. The summed E-state index contributed by atoms with van der Waals surface area (Å²) in [4.78, 5) is 23.6. The van der Waals surface area contributed by atoms with Crippen molar-refractivity contribution in [3.63, 3.8) is 0 Å². The van der Waals surface area contributed by atoms with E-state index in [-0.39, 0.29) is 12.0 Å². The molecule has 0 aliphatic carbocycles. The fourth-order valence-electron chi connectivity index (χ4n) is 1.73. The molecule has 114 valence electrons. The van der Waals surface area contributed by atoms with Gasteiger partial charge in [0, 0.05) is 11.8 Å². The summed E-state index contributed by atoms with van der Waals surface area (Å²) in [6.45, 7) is 3.56. The number of rotatable bonds is 5. The van der Waals surface area contributed by atoms with Gasteiger partial charge in [-0.05, 0) is 50.3 Å². The van der Waals surface area contributed by atoms with Crippen molar-refractivity contribution in [1.82, 2.24) is 0 Å². The number of amides is 1. The van der Waals surface area contributed by atoms with Crippen LogP contribution in [0.15, 0.2) is 53.2 Å². The molecule has 0 saturated heterocycles. The van der Waals surface area contributed by atoms with Crippen molar-refractivity contribution in [3.8, 4) is 0 Å². The van der Waals surface area contributed by atoms with Crippen LogP contribution >= 0.6 is 0 Å². The minimum atomic E-state index is -0.419. The molecule has 2 rings (SSSR count). The highest BCUT2D eigenvalue weighted by molar-refractivity contribution is 6.02. The van der Waals surface area contributed by atoms with Gasteiger partial charge >= 0.3 is 5.97 Å². The smallest absolute Gasteiger partial charge is 0.338 e. The number of benzene rings is 1. The van der Waals surface area contributed by atoms with Gasteiger partial charge in [0.1, 0.15) is 5.76 Å². The summed E-state index contributed by atoms with van der Waals surface area (Å²) in [6.07, 6.45) is 4.26. The second-order valence-electron chi connectivity index (χ2n) is 4.87. The maximum Gasteiger partial charge on any atom is 0.338 e. The van der Waals surface area contributed by atoms with Crippen molar-refractivity contribution in [1.29, 1.82) is 0 Å². The van der Waals surface area contributed by atoms with E-state index in [2.05, 4.69) is 5.32 Å². The molecule has 1 aromatic carbocycles. The largest absolute Gasteiger partial charge is 0.465 e. The molecule has 0 aliphatic heterocycles. The van der Waals surface area contributed by atoms with Crippen LogP contribution in [0, 0.1) is 0 Å². The summed E-state index contributed by atoms with van der Waals surface area (Å²) in [6, 6.07) is 10.1. The normalized spacial score (nSPS) is 10.9. The van der Waals surface area contributed by atoms with E-state index in [1.165, 1.54) is 12.3 Å². The third-order valence-corrected chi connectivity index (χ3v) is 2.65. The molecule has 0 aliphatic rings. The van der Waals surface area contributed by atoms with Gasteiger partial charge in [-0.2, -0.15) is 0 Å². The molecule has 1 amide bonds. The highest BCUT2D eigenvalue weighted by atomic mass is 16.5. The molecule has 0 fully saturated rings. The van der Waals surface area contributed by atoms with Crippen molar-refractivity contribution in [2.75, 3.05) is 5.32 Å². The number of anilines is 1. The Morgan fingerprint density at radius 2 is 2.05 bits per heavy atom.